The van der Waals surface area contributed by atoms with Crippen LogP contribution < -0.4 is 0 Å². The van der Waals surface area contributed by atoms with Gasteiger partial charge in [-0.1, -0.05) is 45.6 Å². The number of hydrogen-bond acceptors (Lipinski definition) is 4. The van der Waals surface area contributed by atoms with Gasteiger partial charge in [-0.2, -0.15) is 0 Å². The van der Waals surface area contributed by atoms with Crippen LogP contribution in [0.15, 0.2) is 36.6 Å². The predicted molar refractivity (Wildman–Crippen MR) is 85.6 cm³/mol. The van der Waals surface area contributed by atoms with E-state index < -0.39 is 10.9 Å². The second-order valence-electron chi connectivity index (χ2n) is 5.25. The van der Waals surface area contributed by atoms with Gasteiger partial charge in [-0.3, -0.25) is 10.1 Å². The van der Waals surface area contributed by atoms with Crippen molar-refractivity contribution < 1.29 is 14.5 Å². The van der Waals surface area contributed by atoms with Gasteiger partial charge in [0.05, 0.1) is 10.5 Å². The number of ether oxygens (including phenoxy) is 1. The third kappa shape index (κ3) is 6.52. The van der Waals surface area contributed by atoms with Crippen molar-refractivity contribution in [2.75, 3.05) is 0 Å². The number of allylic oxidation sites excluding steroid dienone is 1. The van der Waals surface area contributed by atoms with Gasteiger partial charge in [0.2, 0.25) is 0 Å². The molecule has 0 N–H and O–H groups in total. The normalized spacial score (nSPS) is 10.2. The van der Waals surface area contributed by atoms with Crippen LogP contribution in [0.2, 0.25) is 0 Å². The lowest BCUT2D eigenvalue weighted by Gasteiger charge is -2.07. The lowest BCUT2D eigenvalue weighted by atomic mass is 10.1. The molecule has 0 aliphatic heterocycles. The van der Waals surface area contributed by atoms with Gasteiger partial charge in [0, 0.05) is 18.6 Å². The topological polar surface area (TPSA) is 69.4 Å². The Balaban J connectivity index is 2.31. The summed E-state index contributed by atoms with van der Waals surface area (Å²) in [5.41, 5.74) is 0.233. The van der Waals surface area contributed by atoms with Crippen molar-refractivity contribution in [3.63, 3.8) is 0 Å². The van der Waals surface area contributed by atoms with Crippen LogP contribution in [0.3, 0.4) is 0 Å². The van der Waals surface area contributed by atoms with Gasteiger partial charge in [0.1, 0.15) is 5.76 Å². The molecule has 0 saturated heterocycles. The summed E-state index contributed by atoms with van der Waals surface area (Å²) in [5, 5.41) is 10.5. The van der Waals surface area contributed by atoms with E-state index in [-0.39, 0.29) is 11.3 Å². The molecule has 0 fully saturated rings. The summed E-state index contributed by atoms with van der Waals surface area (Å²) in [6.07, 6.45) is 7.63. The highest BCUT2D eigenvalue weighted by atomic mass is 16.6. The maximum Gasteiger partial charge on any atom is 0.343 e. The molecule has 5 heteroatoms. The fourth-order valence-corrected chi connectivity index (χ4v) is 2.06. The zero-order chi connectivity index (χ0) is 16.4. The van der Waals surface area contributed by atoms with Gasteiger partial charge < -0.3 is 4.74 Å². The van der Waals surface area contributed by atoms with E-state index in [9.17, 15) is 14.9 Å². The molecule has 120 valence electrons. The lowest BCUT2D eigenvalue weighted by Crippen LogP contribution is -2.04. The van der Waals surface area contributed by atoms with Crippen molar-refractivity contribution in [2.45, 2.75) is 51.9 Å². The molecule has 0 saturated carbocycles. The summed E-state index contributed by atoms with van der Waals surface area (Å²) in [6.45, 7) is 5.93. The van der Waals surface area contributed by atoms with E-state index in [4.69, 9.17) is 4.74 Å². The van der Waals surface area contributed by atoms with E-state index in [0.29, 0.717) is 12.2 Å². The summed E-state index contributed by atoms with van der Waals surface area (Å²) in [7, 11) is 0. The number of benzene rings is 1. The van der Waals surface area contributed by atoms with Gasteiger partial charge in [-0.25, -0.2) is 4.79 Å². The summed E-state index contributed by atoms with van der Waals surface area (Å²) >= 11 is 0. The van der Waals surface area contributed by atoms with Crippen LogP contribution in [0.1, 0.15) is 62.2 Å². The Bertz CT molecular complexity index is 508. The average Bonchev–Trinajstić information content (AvgIpc) is 2.50. The van der Waals surface area contributed by atoms with Crippen molar-refractivity contribution >= 4 is 11.7 Å². The highest BCUT2D eigenvalue weighted by molar-refractivity contribution is 5.90. The quantitative estimate of drug-likeness (QED) is 0.200. The third-order valence-electron chi connectivity index (χ3n) is 3.36. The molecule has 5 nitrogen and oxygen atoms in total. The molecule has 0 radical (unpaired) electrons. The predicted octanol–water partition coefficient (Wildman–Crippen LogP) is 5.02. The first-order chi connectivity index (χ1) is 10.5. The van der Waals surface area contributed by atoms with Crippen LogP contribution in [0.25, 0.3) is 0 Å². The molecule has 0 spiro atoms. The van der Waals surface area contributed by atoms with Crippen molar-refractivity contribution in [1.29, 1.82) is 0 Å². The van der Waals surface area contributed by atoms with Crippen LogP contribution in [0.4, 0.5) is 5.69 Å². The van der Waals surface area contributed by atoms with E-state index in [2.05, 4.69) is 13.5 Å². The third-order valence-corrected chi connectivity index (χ3v) is 3.36. The van der Waals surface area contributed by atoms with Crippen molar-refractivity contribution in [2.24, 2.45) is 0 Å². The molecule has 0 heterocycles. The molecular weight excluding hydrogens is 282 g/mol. The fourth-order valence-electron chi connectivity index (χ4n) is 2.06. The molecule has 0 atom stereocenters. The highest BCUT2D eigenvalue weighted by Crippen LogP contribution is 2.16. The number of esters is 1. The second-order valence-corrected chi connectivity index (χ2v) is 5.25. The molecule has 1 rings (SSSR count). The first-order valence-corrected chi connectivity index (χ1v) is 7.69. The van der Waals surface area contributed by atoms with Crippen molar-refractivity contribution in [3.05, 3.63) is 52.3 Å². The Labute approximate surface area is 131 Å². The largest absolute Gasteiger partial charge is 0.428 e. The molecule has 1 aromatic rings. The zero-order valence-corrected chi connectivity index (χ0v) is 13.0. The van der Waals surface area contributed by atoms with Gasteiger partial charge in [-0.05, 0) is 18.6 Å². The molecule has 0 amide bonds. The van der Waals surface area contributed by atoms with Crippen LogP contribution in [-0.2, 0) is 4.74 Å². The Morgan fingerprint density at radius 2 is 1.73 bits per heavy atom. The minimum Gasteiger partial charge on any atom is -0.428 e. The van der Waals surface area contributed by atoms with Crippen molar-refractivity contribution in [1.82, 2.24) is 0 Å². The summed E-state index contributed by atoms with van der Waals surface area (Å²) in [6, 6.07) is 5.34. The number of hydrogen-bond donors (Lipinski definition) is 0. The van der Waals surface area contributed by atoms with Crippen LogP contribution in [0.5, 0.6) is 0 Å². The van der Waals surface area contributed by atoms with Gasteiger partial charge in [0.15, 0.2) is 0 Å². The maximum absolute atomic E-state index is 11.9. The number of non-ortho nitro benzene ring substituents is 1. The Morgan fingerprint density at radius 3 is 2.32 bits per heavy atom. The first-order valence-electron chi connectivity index (χ1n) is 7.69. The first kappa shape index (κ1) is 17.9. The lowest BCUT2D eigenvalue weighted by molar-refractivity contribution is -0.384. The summed E-state index contributed by atoms with van der Waals surface area (Å²) in [5.74, 6) is -0.0790. The molecule has 0 aliphatic carbocycles. The minimum atomic E-state index is -0.522. The van der Waals surface area contributed by atoms with E-state index >= 15 is 0 Å². The van der Waals surface area contributed by atoms with Crippen LogP contribution in [-0.4, -0.2) is 10.9 Å². The smallest absolute Gasteiger partial charge is 0.343 e. The Hall–Kier alpha value is -2.17. The van der Waals surface area contributed by atoms with E-state index in [1.807, 2.05) is 0 Å². The Kier molecular flexibility index (Phi) is 7.89. The maximum atomic E-state index is 11.9. The molecular formula is C17H23NO4. The van der Waals surface area contributed by atoms with E-state index in [1.54, 1.807) is 0 Å². The van der Waals surface area contributed by atoms with Crippen LogP contribution in [0, 0.1) is 10.1 Å². The number of carbonyl (C=O) groups excluding carboxylic acids is 1. The molecule has 1 aromatic carbocycles. The SMILES string of the molecule is C=C(CCCCCCCC)OC(=O)c1ccc([N+](=O)[O-])cc1. The van der Waals surface area contributed by atoms with E-state index in [0.717, 1.165) is 12.8 Å². The standard InChI is InChI=1S/C17H23NO4/c1-3-4-5-6-7-8-9-14(2)22-17(19)15-10-12-16(13-11-15)18(20)21/h10-13H,2-9H2,1H3. The minimum absolute atomic E-state index is 0.0533. The van der Waals surface area contributed by atoms with Gasteiger partial charge in [-0.15, -0.1) is 0 Å². The average molecular weight is 305 g/mol. The van der Waals surface area contributed by atoms with Crippen LogP contribution >= 0.6 is 0 Å². The van der Waals surface area contributed by atoms with E-state index in [1.165, 1.54) is 49.9 Å². The summed E-state index contributed by atoms with van der Waals surface area (Å²) in [4.78, 5) is 21.9. The number of nitro groups is 1. The number of carbonyl (C=O) groups is 1. The molecule has 0 aliphatic rings. The highest BCUT2D eigenvalue weighted by Gasteiger charge is 2.11. The zero-order valence-electron chi connectivity index (χ0n) is 13.0. The second kappa shape index (κ2) is 9.71. The monoisotopic (exact) mass is 305 g/mol. The fraction of sp³-hybridized carbons (Fsp3) is 0.471. The molecule has 0 unspecified atom stereocenters. The molecule has 0 bridgehead atoms. The van der Waals surface area contributed by atoms with Gasteiger partial charge >= 0.3 is 5.97 Å². The number of rotatable bonds is 10. The number of unbranched alkanes of at least 4 members (excludes halogenated alkanes) is 5. The summed E-state index contributed by atoms with van der Waals surface area (Å²) < 4.78 is 5.16. The number of nitro benzene ring substituents is 1. The van der Waals surface area contributed by atoms with Gasteiger partial charge in [0.25, 0.3) is 5.69 Å². The Morgan fingerprint density at radius 1 is 1.14 bits per heavy atom. The molecule has 22 heavy (non-hydrogen) atoms. The molecule has 0 aromatic heterocycles. The number of nitrogens with zero attached hydrogens (tertiary/aromatic N) is 1. The van der Waals surface area contributed by atoms with Crippen molar-refractivity contribution in [3.8, 4) is 0 Å².